The van der Waals surface area contributed by atoms with Crippen LogP contribution in [0.1, 0.15) is 18.9 Å². The lowest BCUT2D eigenvalue weighted by atomic mass is 10.1. The molecule has 3 nitrogen and oxygen atoms in total. The summed E-state index contributed by atoms with van der Waals surface area (Å²) in [7, 11) is 0. The average Bonchev–Trinajstić information content (AvgIpc) is 2.38. The van der Waals surface area contributed by atoms with Gasteiger partial charge in [0.1, 0.15) is 11.0 Å². The lowest BCUT2D eigenvalue weighted by Gasteiger charge is -2.14. The maximum absolute atomic E-state index is 5.79. The van der Waals surface area contributed by atoms with E-state index in [4.69, 9.17) is 11.6 Å². The Labute approximate surface area is 112 Å². The second-order valence-corrected chi connectivity index (χ2v) is 4.68. The molecule has 4 heteroatoms. The third kappa shape index (κ3) is 4.00. The van der Waals surface area contributed by atoms with Crippen molar-refractivity contribution in [3.05, 3.63) is 53.4 Å². The maximum atomic E-state index is 5.79. The van der Waals surface area contributed by atoms with Crippen molar-refractivity contribution in [1.29, 1.82) is 0 Å². The van der Waals surface area contributed by atoms with Gasteiger partial charge in [-0.05, 0) is 25.3 Å². The molecule has 0 bridgehead atoms. The molecule has 0 aliphatic carbocycles. The van der Waals surface area contributed by atoms with Crippen LogP contribution in [-0.2, 0) is 6.42 Å². The Morgan fingerprint density at radius 3 is 2.72 bits per heavy atom. The number of hydrogen-bond donors (Lipinski definition) is 1. The number of nitrogens with one attached hydrogen (secondary N) is 1. The van der Waals surface area contributed by atoms with Crippen LogP contribution in [0.2, 0.25) is 5.15 Å². The number of anilines is 1. The lowest BCUT2D eigenvalue weighted by Crippen LogP contribution is -2.17. The zero-order chi connectivity index (χ0) is 12.8. The van der Waals surface area contributed by atoms with Gasteiger partial charge in [-0.3, -0.25) is 4.98 Å². The molecule has 1 heterocycles. The fraction of sp³-hybridized carbons (Fsp3) is 0.286. The van der Waals surface area contributed by atoms with E-state index in [1.807, 2.05) is 6.07 Å². The van der Waals surface area contributed by atoms with Crippen LogP contribution in [0.4, 0.5) is 5.82 Å². The van der Waals surface area contributed by atoms with Crippen LogP contribution >= 0.6 is 11.6 Å². The molecule has 0 saturated heterocycles. The zero-order valence-electron chi connectivity index (χ0n) is 10.3. The van der Waals surface area contributed by atoms with Crippen molar-refractivity contribution in [3.8, 4) is 0 Å². The van der Waals surface area contributed by atoms with Crippen LogP contribution in [0.3, 0.4) is 0 Å². The van der Waals surface area contributed by atoms with Crippen molar-refractivity contribution >= 4 is 17.4 Å². The predicted octanol–water partition coefficient (Wildman–Crippen LogP) is 3.56. The van der Waals surface area contributed by atoms with E-state index in [1.54, 1.807) is 6.20 Å². The lowest BCUT2D eigenvalue weighted by molar-refractivity contribution is 0.702. The summed E-state index contributed by atoms with van der Waals surface area (Å²) in [4.78, 5) is 8.16. The van der Waals surface area contributed by atoms with Gasteiger partial charge >= 0.3 is 0 Å². The van der Waals surface area contributed by atoms with E-state index >= 15 is 0 Å². The van der Waals surface area contributed by atoms with E-state index in [0.717, 1.165) is 18.7 Å². The van der Waals surface area contributed by atoms with Crippen molar-refractivity contribution in [2.45, 2.75) is 25.8 Å². The van der Waals surface area contributed by atoms with Gasteiger partial charge in [0.15, 0.2) is 0 Å². The van der Waals surface area contributed by atoms with Gasteiger partial charge in [-0.25, -0.2) is 4.98 Å². The first-order valence-corrected chi connectivity index (χ1v) is 6.40. The predicted molar refractivity (Wildman–Crippen MR) is 74.9 cm³/mol. The molecule has 18 heavy (non-hydrogen) atoms. The number of hydrogen-bond acceptors (Lipinski definition) is 3. The molecule has 94 valence electrons. The molecule has 1 aromatic heterocycles. The summed E-state index contributed by atoms with van der Waals surface area (Å²) in [5.41, 5.74) is 1.35. The number of nitrogens with zero attached hydrogens (tertiary/aromatic N) is 2. The van der Waals surface area contributed by atoms with Gasteiger partial charge in [-0.15, -0.1) is 0 Å². The molecule has 1 aromatic carbocycles. The minimum absolute atomic E-state index is 0.331. The van der Waals surface area contributed by atoms with E-state index in [0.29, 0.717) is 11.2 Å². The molecule has 2 aromatic rings. The SMILES string of the molecule is CC(CCc1ccccc1)Nc1cncc(Cl)n1. The highest BCUT2D eigenvalue weighted by molar-refractivity contribution is 6.29. The Balaban J connectivity index is 1.84. The molecule has 0 fully saturated rings. The second kappa shape index (κ2) is 6.36. The summed E-state index contributed by atoms with van der Waals surface area (Å²) < 4.78 is 0. The Bertz CT molecular complexity index is 487. The van der Waals surface area contributed by atoms with Gasteiger partial charge in [0, 0.05) is 6.04 Å². The molecule has 0 aliphatic rings. The van der Waals surface area contributed by atoms with Gasteiger partial charge < -0.3 is 5.32 Å². The first-order valence-electron chi connectivity index (χ1n) is 6.02. The Morgan fingerprint density at radius 2 is 2.00 bits per heavy atom. The van der Waals surface area contributed by atoms with Crippen molar-refractivity contribution < 1.29 is 0 Å². The number of halogens is 1. The first kappa shape index (κ1) is 12.8. The van der Waals surface area contributed by atoms with E-state index in [-0.39, 0.29) is 0 Å². The highest BCUT2D eigenvalue weighted by atomic mass is 35.5. The molecule has 0 amide bonds. The largest absolute Gasteiger partial charge is 0.366 e. The highest BCUT2D eigenvalue weighted by Crippen LogP contribution is 2.11. The van der Waals surface area contributed by atoms with Crippen LogP contribution in [-0.4, -0.2) is 16.0 Å². The highest BCUT2D eigenvalue weighted by Gasteiger charge is 2.04. The summed E-state index contributed by atoms with van der Waals surface area (Å²) in [6, 6.07) is 10.8. The van der Waals surface area contributed by atoms with Gasteiger partial charge in [0.05, 0.1) is 12.4 Å². The fourth-order valence-corrected chi connectivity index (χ4v) is 1.91. The summed E-state index contributed by atoms with van der Waals surface area (Å²) in [6.07, 6.45) is 5.30. The Hall–Kier alpha value is -1.61. The normalized spacial score (nSPS) is 12.1. The monoisotopic (exact) mass is 261 g/mol. The minimum atomic E-state index is 0.331. The number of aromatic nitrogens is 2. The fourth-order valence-electron chi connectivity index (χ4n) is 1.76. The van der Waals surface area contributed by atoms with Crippen LogP contribution in [0.5, 0.6) is 0 Å². The molecule has 1 unspecified atom stereocenters. The van der Waals surface area contributed by atoms with E-state index in [2.05, 4.69) is 46.5 Å². The van der Waals surface area contributed by atoms with Gasteiger partial charge in [0.2, 0.25) is 0 Å². The molecule has 0 aliphatic heterocycles. The van der Waals surface area contributed by atoms with Gasteiger partial charge in [-0.1, -0.05) is 41.9 Å². The van der Waals surface area contributed by atoms with E-state index in [9.17, 15) is 0 Å². The standard InChI is InChI=1S/C14H16ClN3/c1-11(7-8-12-5-3-2-4-6-12)17-14-10-16-9-13(15)18-14/h2-6,9-11H,7-8H2,1H3,(H,17,18). The van der Waals surface area contributed by atoms with Crippen LogP contribution < -0.4 is 5.32 Å². The number of rotatable bonds is 5. The van der Waals surface area contributed by atoms with Gasteiger partial charge in [-0.2, -0.15) is 0 Å². The molecule has 2 rings (SSSR count). The minimum Gasteiger partial charge on any atom is -0.366 e. The van der Waals surface area contributed by atoms with Crippen molar-refractivity contribution in [2.24, 2.45) is 0 Å². The smallest absolute Gasteiger partial charge is 0.149 e. The Kier molecular flexibility index (Phi) is 4.53. The van der Waals surface area contributed by atoms with Crippen LogP contribution in [0, 0.1) is 0 Å². The van der Waals surface area contributed by atoms with Crippen molar-refractivity contribution in [1.82, 2.24) is 9.97 Å². The molecule has 0 saturated carbocycles. The van der Waals surface area contributed by atoms with E-state index < -0.39 is 0 Å². The van der Waals surface area contributed by atoms with Gasteiger partial charge in [0.25, 0.3) is 0 Å². The molecule has 1 atom stereocenters. The van der Waals surface area contributed by atoms with E-state index in [1.165, 1.54) is 11.8 Å². The third-order valence-electron chi connectivity index (χ3n) is 2.71. The van der Waals surface area contributed by atoms with Crippen LogP contribution in [0.25, 0.3) is 0 Å². The molecule has 0 spiro atoms. The number of aryl methyl sites for hydroxylation is 1. The molecular formula is C14H16ClN3. The average molecular weight is 262 g/mol. The molecular weight excluding hydrogens is 246 g/mol. The quantitative estimate of drug-likeness (QED) is 0.894. The molecule has 0 radical (unpaired) electrons. The topological polar surface area (TPSA) is 37.8 Å². The summed E-state index contributed by atoms with van der Waals surface area (Å²) in [5.74, 6) is 0.725. The first-order chi connectivity index (χ1) is 8.74. The molecule has 1 N–H and O–H groups in total. The third-order valence-corrected chi connectivity index (χ3v) is 2.89. The maximum Gasteiger partial charge on any atom is 0.149 e. The summed E-state index contributed by atoms with van der Waals surface area (Å²) in [5, 5.41) is 3.71. The second-order valence-electron chi connectivity index (χ2n) is 4.30. The summed E-state index contributed by atoms with van der Waals surface area (Å²) >= 11 is 5.79. The Morgan fingerprint density at radius 1 is 1.22 bits per heavy atom. The van der Waals surface area contributed by atoms with Crippen molar-refractivity contribution in [3.63, 3.8) is 0 Å². The summed E-state index contributed by atoms with van der Waals surface area (Å²) in [6.45, 7) is 2.13. The van der Waals surface area contributed by atoms with Crippen LogP contribution in [0.15, 0.2) is 42.7 Å². The zero-order valence-corrected chi connectivity index (χ0v) is 11.1. The number of benzene rings is 1. The van der Waals surface area contributed by atoms with Crippen molar-refractivity contribution in [2.75, 3.05) is 5.32 Å².